The monoisotopic (exact) mass is 529 g/mol. The van der Waals surface area contributed by atoms with Gasteiger partial charge in [0.2, 0.25) is 5.43 Å². The maximum atomic E-state index is 14.8. The van der Waals surface area contributed by atoms with Crippen molar-refractivity contribution >= 4 is 34.3 Å². The lowest BCUT2D eigenvalue weighted by molar-refractivity contribution is 0.0694. The molecule has 1 amide bonds. The Labute approximate surface area is 215 Å². The van der Waals surface area contributed by atoms with E-state index in [2.05, 4.69) is 5.32 Å². The number of nitrogens with one attached hydrogen (secondary N) is 1. The van der Waals surface area contributed by atoms with E-state index < -0.39 is 40.8 Å². The minimum atomic E-state index is -1.35. The fourth-order valence-corrected chi connectivity index (χ4v) is 4.39. The van der Waals surface area contributed by atoms with E-state index in [-0.39, 0.29) is 54.9 Å². The summed E-state index contributed by atoms with van der Waals surface area (Å²) in [6, 6.07) is 6.67. The topological polar surface area (TPSA) is 130 Å². The summed E-state index contributed by atoms with van der Waals surface area (Å²) in [5.74, 6) is -2.73. The summed E-state index contributed by atoms with van der Waals surface area (Å²) in [7, 11) is 0. The maximum absolute atomic E-state index is 14.8. The molecule has 2 aliphatic rings. The van der Waals surface area contributed by atoms with Gasteiger partial charge in [0.1, 0.15) is 17.5 Å². The Morgan fingerprint density at radius 2 is 1.95 bits per heavy atom. The van der Waals surface area contributed by atoms with Gasteiger partial charge in [0, 0.05) is 30.2 Å². The average molecular weight is 529 g/mol. The van der Waals surface area contributed by atoms with E-state index in [0.29, 0.717) is 11.9 Å². The number of fused-ring (bicyclic) bond motifs is 1. The standard InChI is InChI=1S/C26H25F2N3O7/c27-19-9-17-22(30(14-2-3-14)12-18(24(17)33)25(34)35)10-21(19)29-6-1-7-37-23-5-4-15(8-20(23)28)31-11-16(13-32)38-26(31)36/h4-5,8-10,12,14,16,29,32H,1-3,6-7,11,13H2,(H,34,35)/t16-/m1/s1. The summed E-state index contributed by atoms with van der Waals surface area (Å²) in [6.45, 7) is 0.190. The molecular weight excluding hydrogens is 504 g/mol. The van der Waals surface area contributed by atoms with Crippen molar-refractivity contribution in [3.05, 3.63) is 63.9 Å². The second-order valence-corrected chi connectivity index (χ2v) is 9.21. The maximum Gasteiger partial charge on any atom is 0.414 e. The van der Waals surface area contributed by atoms with Crippen LogP contribution in [0.2, 0.25) is 0 Å². The average Bonchev–Trinajstić information content (AvgIpc) is 3.66. The van der Waals surface area contributed by atoms with E-state index in [4.69, 9.17) is 14.6 Å². The number of hydrogen-bond donors (Lipinski definition) is 3. The van der Waals surface area contributed by atoms with E-state index in [1.807, 2.05) is 0 Å². The Balaban J connectivity index is 1.21. The number of aliphatic hydroxyl groups is 1. The molecular formula is C26H25F2N3O7. The molecule has 200 valence electrons. The molecule has 10 nitrogen and oxygen atoms in total. The molecule has 0 bridgehead atoms. The summed E-state index contributed by atoms with van der Waals surface area (Å²) >= 11 is 0. The summed E-state index contributed by atoms with van der Waals surface area (Å²) < 4.78 is 41.4. The van der Waals surface area contributed by atoms with Gasteiger partial charge < -0.3 is 29.6 Å². The highest BCUT2D eigenvalue weighted by atomic mass is 19.1. The number of aliphatic hydroxyl groups excluding tert-OH is 1. The number of hydrogen-bond acceptors (Lipinski definition) is 7. The Morgan fingerprint density at radius 1 is 1.16 bits per heavy atom. The first-order valence-corrected chi connectivity index (χ1v) is 12.1. The van der Waals surface area contributed by atoms with E-state index >= 15 is 0 Å². The SMILES string of the molecule is O=C(O)c1cn(C2CC2)c2cc(NCCCOc3ccc(N4C[C@H](CO)OC4=O)cc3F)c(F)cc2c1=O. The number of carboxylic acids is 1. The van der Waals surface area contributed by atoms with Crippen LogP contribution in [0.1, 0.15) is 35.7 Å². The molecule has 2 aromatic carbocycles. The van der Waals surface area contributed by atoms with Crippen molar-refractivity contribution in [2.24, 2.45) is 0 Å². The number of carbonyl (C=O) groups excluding carboxylic acids is 1. The van der Waals surface area contributed by atoms with Gasteiger partial charge in [-0.3, -0.25) is 9.69 Å². The third-order valence-electron chi connectivity index (χ3n) is 6.49. The first-order chi connectivity index (χ1) is 18.3. The Hall–Kier alpha value is -4.19. The number of anilines is 2. The fourth-order valence-electron chi connectivity index (χ4n) is 4.39. The van der Waals surface area contributed by atoms with Gasteiger partial charge in [-0.05, 0) is 43.5 Å². The number of aromatic nitrogens is 1. The lowest BCUT2D eigenvalue weighted by atomic mass is 10.1. The number of aromatic carboxylic acids is 1. The number of benzene rings is 2. The molecule has 2 heterocycles. The van der Waals surface area contributed by atoms with Crippen LogP contribution in [0.4, 0.5) is 25.0 Å². The van der Waals surface area contributed by atoms with Crippen LogP contribution in [0.5, 0.6) is 5.75 Å². The van der Waals surface area contributed by atoms with E-state index in [0.717, 1.165) is 25.0 Å². The number of pyridine rings is 1. The van der Waals surface area contributed by atoms with Crippen molar-refractivity contribution in [3.8, 4) is 5.75 Å². The molecule has 2 fully saturated rings. The molecule has 38 heavy (non-hydrogen) atoms. The van der Waals surface area contributed by atoms with Crippen molar-refractivity contribution in [1.29, 1.82) is 0 Å². The molecule has 12 heteroatoms. The molecule has 5 rings (SSSR count). The minimum Gasteiger partial charge on any atom is -0.490 e. The molecule has 3 aromatic rings. The normalized spacial score (nSPS) is 17.1. The van der Waals surface area contributed by atoms with Gasteiger partial charge >= 0.3 is 12.1 Å². The molecule has 1 aromatic heterocycles. The first kappa shape index (κ1) is 25.5. The lowest BCUT2D eigenvalue weighted by Crippen LogP contribution is -2.25. The number of cyclic esters (lactones) is 1. The van der Waals surface area contributed by atoms with Crippen molar-refractivity contribution in [2.75, 3.05) is 36.5 Å². The smallest absolute Gasteiger partial charge is 0.414 e. The van der Waals surface area contributed by atoms with Crippen LogP contribution in [0.3, 0.4) is 0 Å². The van der Waals surface area contributed by atoms with Crippen LogP contribution in [-0.4, -0.2) is 59.2 Å². The van der Waals surface area contributed by atoms with Gasteiger partial charge in [0.15, 0.2) is 11.6 Å². The highest BCUT2D eigenvalue weighted by Crippen LogP contribution is 2.37. The second-order valence-electron chi connectivity index (χ2n) is 9.21. The number of nitrogens with zero attached hydrogens (tertiary/aromatic N) is 2. The van der Waals surface area contributed by atoms with E-state index in [9.17, 15) is 28.3 Å². The summed E-state index contributed by atoms with van der Waals surface area (Å²) in [5.41, 5.74) is -0.229. The van der Waals surface area contributed by atoms with E-state index in [1.54, 1.807) is 4.57 Å². The molecule has 1 aliphatic carbocycles. The van der Waals surface area contributed by atoms with Crippen molar-refractivity contribution in [3.63, 3.8) is 0 Å². The zero-order chi connectivity index (χ0) is 27.0. The van der Waals surface area contributed by atoms with Gasteiger partial charge in [-0.1, -0.05) is 0 Å². The van der Waals surface area contributed by atoms with Gasteiger partial charge in [-0.2, -0.15) is 0 Å². The predicted octanol–water partition coefficient (Wildman–Crippen LogP) is 3.51. The molecule has 0 radical (unpaired) electrons. The molecule has 0 spiro atoms. The summed E-state index contributed by atoms with van der Waals surface area (Å²) in [5, 5.41) is 21.5. The number of carboxylic acid groups (broad SMARTS) is 1. The van der Waals surface area contributed by atoms with Crippen molar-refractivity contribution in [1.82, 2.24) is 4.57 Å². The van der Waals surface area contributed by atoms with Gasteiger partial charge in [-0.15, -0.1) is 0 Å². The fraction of sp³-hybridized carbons (Fsp3) is 0.346. The van der Waals surface area contributed by atoms with Crippen LogP contribution in [-0.2, 0) is 4.74 Å². The molecule has 0 unspecified atom stereocenters. The third-order valence-corrected chi connectivity index (χ3v) is 6.49. The Kier molecular flexibility index (Phi) is 6.89. The highest BCUT2D eigenvalue weighted by molar-refractivity contribution is 5.93. The summed E-state index contributed by atoms with van der Waals surface area (Å²) in [6.07, 6.45) is 2.07. The number of halogens is 2. The molecule has 1 atom stereocenters. The third kappa shape index (κ3) is 4.99. The van der Waals surface area contributed by atoms with Crippen molar-refractivity contribution < 1.29 is 38.1 Å². The van der Waals surface area contributed by atoms with Crippen molar-refractivity contribution in [2.45, 2.75) is 31.4 Å². The van der Waals surface area contributed by atoms with Gasteiger partial charge in [-0.25, -0.2) is 18.4 Å². The number of carbonyl (C=O) groups is 2. The molecule has 3 N–H and O–H groups in total. The second kappa shape index (κ2) is 10.3. The summed E-state index contributed by atoms with van der Waals surface area (Å²) in [4.78, 5) is 37.1. The largest absolute Gasteiger partial charge is 0.490 e. The number of amides is 1. The number of ether oxygens (including phenoxy) is 2. The van der Waals surface area contributed by atoms with E-state index in [1.165, 1.54) is 29.3 Å². The van der Waals surface area contributed by atoms with Crippen LogP contribution < -0.4 is 20.4 Å². The highest BCUT2D eigenvalue weighted by Gasteiger charge is 2.32. The van der Waals surface area contributed by atoms with Crippen LogP contribution >= 0.6 is 0 Å². The van der Waals surface area contributed by atoms with Crippen LogP contribution in [0.25, 0.3) is 10.9 Å². The molecule has 1 saturated heterocycles. The first-order valence-electron chi connectivity index (χ1n) is 12.1. The Bertz CT molecular complexity index is 1470. The van der Waals surface area contributed by atoms with Gasteiger partial charge in [0.25, 0.3) is 0 Å². The zero-order valence-corrected chi connectivity index (χ0v) is 20.2. The Morgan fingerprint density at radius 3 is 2.61 bits per heavy atom. The minimum absolute atomic E-state index is 0.0104. The van der Waals surface area contributed by atoms with Crippen LogP contribution in [0.15, 0.2) is 41.3 Å². The zero-order valence-electron chi connectivity index (χ0n) is 20.2. The quantitative estimate of drug-likeness (QED) is 0.340. The molecule has 1 saturated carbocycles. The predicted molar refractivity (Wildman–Crippen MR) is 133 cm³/mol. The molecule has 1 aliphatic heterocycles. The van der Waals surface area contributed by atoms with Gasteiger partial charge in [0.05, 0.1) is 36.6 Å². The number of rotatable bonds is 10. The lowest BCUT2D eigenvalue weighted by Gasteiger charge is -2.15. The van der Waals surface area contributed by atoms with Crippen LogP contribution in [0, 0.1) is 11.6 Å².